The van der Waals surface area contributed by atoms with Crippen molar-refractivity contribution in [1.82, 2.24) is 0 Å². The van der Waals surface area contributed by atoms with Gasteiger partial charge in [-0.05, 0) is 0 Å². The van der Waals surface area contributed by atoms with Crippen molar-refractivity contribution >= 4 is 18.9 Å². The minimum atomic E-state index is -3.94. The summed E-state index contributed by atoms with van der Waals surface area (Å²) < 4.78 is 51.4. The van der Waals surface area contributed by atoms with Gasteiger partial charge >= 0.3 is 89.5 Å². The Morgan fingerprint density at radius 1 is 0.800 bits per heavy atom. The molecular weight excluding hydrogens is 260 g/mol. The maximum absolute atomic E-state index is 8.56. The molecule has 0 spiro atoms. The molecule has 55 valence electrons. The summed E-state index contributed by atoms with van der Waals surface area (Å²) in [4.78, 5) is 0. The molecule has 0 aliphatic rings. The fourth-order valence-corrected chi connectivity index (χ4v) is 0. The summed E-state index contributed by atoms with van der Waals surface area (Å²) >= 11 is -7.88. The standard InChI is InChI=1S/Li.Mn.6O.2V.H/q;+2;;;;;2*-1;;;. The number of hydrogen-bond donors (Lipinski definition) is 0. The van der Waals surface area contributed by atoms with Crippen molar-refractivity contribution in [3.63, 3.8) is 0 Å². The molecule has 0 aromatic carbocycles. The van der Waals surface area contributed by atoms with Crippen LogP contribution in [-0.4, -0.2) is 18.9 Å². The van der Waals surface area contributed by atoms with E-state index in [9.17, 15) is 0 Å². The van der Waals surface area contributed by atoms with Gasteiger partial charge in [-0.1, -0.05) is 0 Å². The van der Waals surface area contributed by atoms with E-state index < -0.39 is 30.8 Å². The third kappa shape index (κ3) is 336. The second-order valence-corrected chi connectivity index (χ2v) is 1.84. The van der Waals surface area contributed by atoms with E-state index >= 15 is 0 Å². The van der Waals surface area contributed by atoms with Crippen molar-refractivity contribution < 1.29 is 70.6 Å². The van der Waals surface area contributed by atoms with Gasteiger partial charge in [-0.2, -0.15) is 0 Å². The van der Waals surface area contributed by atoms with Gasteiger partial charge in [-0.15, -0.1) is 0 Å². The van der Waals surface area contributed by atoms with E-state index in [1.54, 1.807) is 0 Å². The van der Waals surface area contributed by atoms with Gasteiger partial charge in [0.2, 0.25) is 0 Å². The SMILES string of the molecule is [LiH].[Mn+2].[O]=[V](=[O])[O-].[O]=[V](=[O])[O-]. The van der Waals surface area contributed by atoms with E-state index in [-0.39, 0.29) is 35.9 Å². The monoisotopic (exact) mass is 261 g/mol. The van der Waals surface area contributed by atoms with Crippen molar-refractivity contribution in [2.24, 2.45) is 0 Å². The van der Waals surface area contributed by atoms with Gasteiger partial charge < -0.3 is 0 Å². The molecule has 0 amide bonds. The van der Waals surface area contributed by atoms with Crippen molar-refractivity contribution in [2.45, 2.75) is 0 Å². The average Bonchev–Trinajstić information content (AvgIpc) is 1.25. The van der Waals surface area contributed by atoms with E-state index in [1.807, 2.05) is 0 Å². The molecule has 0 fully saturated rings. The Morgan fingerprint density at radius 2 is 0.800 bits per heavy atom. The van der Waals surface area contributed by atoms with Gasteiger partial charge in [0, 0.05) is 0 Å². The van der Waals surface area contributed by atoms with Crippen LogP contribution in [0.5, 0.6) is 0 Å². The minimum absolute atomic E-state index is 0. The summed E-state index contributed by atoms with van der Waals surface area (Å²) in [6.45, 7) is 0. The van der Waals surface area contributed by atoms with E-state index in [0.29, 0.717) is 0 Å². The molecular formula is HLiMnO6V2. The Kier molecular flexibility index (Phi) is 37.8. The normalized spacial score (nSPS) is 5.00. The first kappa shape index (κ1) is 22.5. The average molecular weight is 261 g/mol. The predicted molar refractivity (Wildman–Crippen MR) is 9.89 cm³/mol. The summed E-state index contributed by atoms with van der Waals surface area (Å²) in [7, 11) is 0. The zero-order valence-corrected chi connectivity index (χ0v) is 7.70. The van der Waals surface area contributed by atoms with Crippen LogP contribution in [0.1, 0.15) is 0 Å². The molecule has 0 aromatic rings. The summed E-state index contributed by atoms with van der Waals surface area (Å²) in [6.07, 6.45) is 0. The molecule has 0 N–H and O–H groups in total. The second-order valence-electron chi connectivity index (χ2n) is 0.447. The fraction of sp³-hybridized carbons (Fsp3) is 0. The molecule has 6 nitrogen and oxygen atoms in total. The molecule has 1 radical (unpaired) electrons. The first-order valence-corrected chi connectivity index (χ1v) is 4.52. The quantitative estimate of drug-likeness (QED) is 0.417. The summed E-state index contributed by atoms with van der Waals surface area (Å²) in [5.74, 6) is 0. The first-order valence-electron chi connectivity index (χ1n) is 1.10. The second kappa shape index (κ2) is 16.8. The molecule has 0 aliphatic carbocycles. The molecule has 0 aromatic heterocycles. The van der Waals surface area contributed by atoms with Crippen LogP contribution < -0.4 is 8.06 Å². The van der Waals surface area contributed by atoms with E-state index in [2.05, 4.69) is 0 Å². The number of rotatable bonds is 0. The van der Waals surface area contributed by atoms with Gasteiger partial charge in [0.15, 0.2) is 0 Å². The molecule has 0 unspecified atom stereocenters. The fourth-order valence-electron chi connectivity index (χ4n) is 0. The van der Waals surface area contributed by atoms with Crippen molar-refractivity contribution in [1.29, 1.82) is 0 Å². The zero-order chi connectivity index (χ0) is 7.15. The molecule has 0 rings (SSSR count). The molecule has 10 heavy (non-hydrogen) atoms. The molecule has 0 atom stereocenters. The van der Waals surface area contributed by atoms with Crippen LogP contribution in [0.25, 0.3) is 0 Å². The van der Waals surface area contributed by atoms with Gasteiger partial charge in [-0.25, -0.2) is 0 Å². The first-order chi connectivity index (χ1) is 3.46. The van der Waals surface area contributed by atoms with Crippen molar-refractivity contribution in [2.75, 3.05) is 0 Å². The summed E-state index contributed by atoms with van der Waals surface area (Å²) in [5.41, 5.74) is 0. The van der Waals surface area contributed by atoms with Gasteiger partial charge in [0.1, 0.15) is 0 Å². The van der Waals surface area contributed by atoms with Crippen LogP contribution in [0.4, 0.5) is 0 Å². The molecule has 10 heteroatoms. The molecule has 0 bridgehead atoms. The molecule has 0 saturated heterocycles. The number of hydrogen-bond acceptors (Lipinski definition) is 6. The van der Waals surface area contributed by atoms with Crippen molar-refractivity contribution in [3.05, 3.63) is 0 Å². The van der Waals surface area contributed by atoms with Gasteiger partial charge in [-0.3, -0.25) is 0 Å². The van der Waals surface area contributed by atoms with Gasteiger partial charge in [0.25, 0.3) is 0 Å². The Bertz CT molecular complexity index is 133. The Hall–Kier alpha value is 1.41. The van der Waals surface area contributed by atoms with Crippen molar-refractivity contribution in [3.8, 4) is 0 Å². The third-order valence-electron chi connectivity index (χ3n) is 0. The summed E-state index contributed by atoms with van der Waals surface area (Å²) in [6, 6.07) is 0. The van der Waals surface area contributed by atoms with E-state index in [0.717, 1.165) is 0 Å². The molecule has 0 heterocycles. The van der Waals surface area contributed by atoms with Crippen LogP contribution >= 0.6 is 0 Å². The summed E-state index contributed by atoms with van der Waals surface area (Å²) in [5, 5.41) is 0. The van der Waals surface area contributed by atoms with Crippen LogP contribution in [0.2, 0.25) is 0 Å². The Balaban J connectivity index is -0.0000000300. The van der Waals surface area contributed by atoms with E-state index in [1.165, 1.54) is 0 Å². The Labute approximate surface area is 88.8 Å². The third-order valence-corrected chi connectivity index (χ3v) is 0. The maximum atomic E-state index is 8.56. The zero-order valence-electron chi connectivity index (χ0n) is 3.72. The predicted octanol–water partition coefficient (Wildman–Crippen LogP) is -3.51. The van der Waals surface area contributed by atoms with Gasteiger partial charge in [0.05, 0.1) is 0 Å². The van der Waals surface area contributed by atoms with E-state index in [4.69, 9.17) is 22.8 Å². The molecule has 0 aliphatic heterocycles. The molecule has 0 saturated carbocycles. The Morgan fingerprint density at radius 3 is 0.800 bits per heavy atom. The van der Waals surface area contributed by atoms with Crippen LogP contribution in [0.3, 0.4) is 0 Å². The topological polar surface area (TPSA) is 114 Å². The van der Waals surface area contributed by atoms with Crippen LogP contribution in [-0.2, 0) is 62.6 Å². The van der Waals surface area contributed by atoms with Crippen LogP contribution in [0, 0.1) is 0 Å². The van der Waals surface area contributed by atoms with Crippen LogP contribution in [0.15, 0.2) is 0 Å².